The van der Waals surface area contributed by atoms with Crippen LogP contribution in [0.15, 0.2) is 84.9 Å². The first kappa shape index (κ1) is 23.3. The molecular formula is C30H26N2O4. The summed E-state index contributed by atoms with van der Waals surface area (Å²) in [6.45, 7) is 3.91. The molecule has 0 aliphatic carbocycles. The molecule has 6 heteroatoms. The topological polar surface area (TPSA) is 86.7 Å². The molecule has 0 spiro atoms. The number of nitrogens with zero attached hydrogens (tertiary/aromatic N) is 1. The molecular weight excluding hydrogens is 452 g/mol. The quantitative estimate of drug-likeness (QED) is 0.365. The number of nitrogens with one attached hydrogen (secondary N) is 1. The van der Waals surface area contributed by atoms with Crippen molar-refractivity contribution >= 4 is 34.2 Å². The summed E-state index contributed by atoms with van der Waals surface area (Å²) in [6, 6.07) is 25.7. The van der Waals surface area contributed by atoms with Crippen LogP contribution in [0, 0.1) is 5.92 Å². The molecule has 4 aromatic rings. The maximum atomic E-state index is 13.0. The van der Waals surface area contributed by atoms with Crippen LogP contribution < -0.4 is 5.32 Å². The summed E-state index contributed by atoms with van der Waals surface area (Å²) in [7, 11) is 0. The highest BCUT2D eigenvalue weighted by Gasteiger charge is 2.38. The van der Waals surface area contributed by atoms with E-state index in [0.29, 0.717) is 23.4 Å². The number of aliphatic carboxylic acids is 1. The van der Waals surface area contributed by atoms with E-state index in [1.54, 1.807) is 13.8 Å². The third kappa shape index (κ3) is 4.22. The number of carboxylic acids is 1. The van der Waals surface area contributed by atoms with E-state index in [1.807, 2.05) is 84.9 Å². The number of carboxylic acid groups (broad SMARTS) is 1. The van der Waals surface area contributed by atoms with E-state index in [4.69, 9.17) is 0 Å². The van der Waals surface area contributed by atoms with Gasteiger partial charge in [0.15, 0.2) is 0 Å². The zero-order valence-corrected chi connectivity index (χ0v) is 20.1. The molecule has 0 fully saturated rings. The fourth-order valence-corrected chi connectivity index (χ4v) is 4.87. The van der Waals surface area contributed by atoms with Gasteiger partial charge in [-0.2, -0.15) is 0 Å². The van der Waals surface area contributed by atoms with Crippen LogP contribution in [0.5, 0.6) is 0 Å². The van der Waals surface area contributed by atoms with Crippen LogP contribution in [0.3, 0.4) is 0 Å². The summed E-state index contributed by atoms with van der Waals surface area (Å²) in [5.74, 6) is -1.63. The maximum absolute atomic E-state index is 13.0. The van der Waals surface area contributed by atoms with Crippen molar-refractivity contribution in [2.75, 3.05) is 5.32 Å². The Morgan fingerprint density at radius 2 is 1.58 bits per heavy atom. The number of hydrogen-bond donors (Lipinski definition) is 2. The lowest BCUT2D eigenvalue weighted by molar-refractivity contribution is -0.144. The molecule has 180 valence electrons. The third-order valence-electron chi connectivity index (χ3n) is 6.67. The van der Waals surface area contributed by atoms with E-state index in [2.05, 4.69) is 5.32 Å². The minimum absolute atomic E-state index is 0.180. The van der Waals surface area contributed by atoms with Gasteiger partial charge in [0, 0.05) is 23.4 Å². The van der Waals surface area contributed by atoms with E-state index < -0.39 is 12.0 Å². The summed E-state index contributed by atoms with van der Waals surface area (Å²) in [5.41, 5.74) is 4.39. The molecule has 1 aliphatic heterocycles. The van der Waals surface area contributed by atoms with Crippen molar-refractivity contribution in [3.8, 4) is 11.1 Å². The molecule has 5 rings (SSSR count). The van der Waals surface area contributed by atoms with Crippen LogP contribution >= 0.6 is 0 Å². The Morgan fingerprint density at radius 1 is 0.889 bits per heavy atom. The summed E-state index contributed by atoms with van der Waals surface area (Å²) >= 11 is 0. The second kappa shape index (κ2) is 9.30. The smallest absolute Gasteiger partial charge is 0.326 e. The van der Waals surface area contributed by atoms with Gasteiger partial charge in [-0.15, -0.1) is 0 Å². The average molecular weight is 479 g/mol. The summed E-state index contributed by atoms with van der Waals surface area (Å²) in [4.78, 5) is 39.2. The second-order valence-corrected chi connectivity index (χ2v) is 9.39. The third-order valence-corrected chi connectivity index (χ3v) is 6.67. The van der Waals surface area contributed by atoms with Crippen LogP contribution in [-0.2, 0) is 11.3 Å². The van der Waals surface area contributed by atoms with Crippen molar-refractivity contribution in [2.24, 2.45) is 5.92 Å². The van der Waals surface area contributed by atoms with E-state index in [9.17, 15) is 19.5 Å². The summed E-state index contributed by atoms with van der Waals surface area (Å²) < 4.78 is 0. The average Bonchev–Trinajstić information content (AvgIpc) is 3.18. The van der Waals surface area contributed by atoms with Crippen molar-refractivity contribution in [1.82, 2.24) is 4.90 Å². The number of rotatable bonds is 6. The number of hydrogen-bond acceptors (Lipinski definition) is 3. The van der Waals surface area contributed by atoms with E-state index in [-0.39, 0.29) is 17.7 Å². The maximum Gasteiger partial charge on any atom is 0.326 e. The van der Waals surface area contributed by atoms with Crippen LogP contribution in [0.2, 0.25) is 0 Å². The van der Waals surface area contributed by atoms with Crippen molar-refractivity contribution in [1.29, 1.82) is 0 Å². The second-order valence-electron chi connectivity index (χ2n) is 9.39. The Balaban J connectivity index is 1.35. The number of fused-ring (bicyclic) bond motifs is 2. The molecule has 6 nitrogen and oxygen atoms in total. The molecule has 0 radical (unpaired) electrons. The van der Waals surface area contributed by atoms with Crippen molar-refractivity contribution < 1.29 is 19.5 Å². The lowest BCUT2D eigenvalue weighted by Gasteiger charge is -2.27. The van der Waals surface area contributed by atoms with Crippen LogP contribution in [0.1, 0.15) is 40.1 Å². The standard InChI is InChI=1S/C30H26N2O4/c1-18(2)27(30(35)36)32-17-22-11-10-21(16-26(22)29(32)34)19-12-14-23(15-13-19)31-28(33)25-9-5-7-20-6-3-4-8-24(20)25/h3-16,18,27H,17H2,1-2H3,(H,31,33)(H,35,36)/t27-/m0/s1. The van der Waals surface area contributed by atoms with Crippen LogP contribution in [0.25, 0.3) is 21.9 Å². The SMILES string of the molecule is CC(C)[C@@H](C(=O)O)N1Cc2ccc(-c3ccc(NC(=O)c4cccc5ccccc45)cc3)cc2C1=O. The first-order valence-electron chi connectivity index (χ1n) is 11.9. The number of amides is 2. The Kier molecular flexibility index (Phi) is 6.02. The van der Waals surface area contributed by atoms with Gasteiger partial charge in [0.2, 0.25) is 0 Å². The number of carbonyl (C=O) groups excluding carboxylic acids is 2. The number of anilines is 1. The lowest BCUT2D eigenvalue weighted by Crippen LogP contribution is -2.44. The van der Waals surface area contributed by atoms with Gasteiger partial charge < -0.3 is 15.3 Å². The van der Waals surface area contributed by atoms with Gasteiger partial charge in [0.25, 0.3) is 11.8 Å². The highest BCUT2D eigenvalue weighted by molar-refractivity contribution is 6.13. The van der Waals surface area contributed by atoms with E-state index in [1.165, 1.54) is 4.90 Å². The molecule has 0 bridgehead atoms. The minimum atomic E-state index is -0.993. The molecule has 0 saturated carbocycles. The first-order chi connectivity index (χ1) is 17.3. The first-order valence-corrected chi connectivity index (χ1v) is 11.9. The molecule has 1 heterocycles. The molecule has 4 aromatic carbocycles. The Bertz CT molecular complexity index is 1490. The van der Waals surface area contributed by atoms with Crippen LogP contribution in [-0.4, -0.2) is 33.8 Å². The number of carbonyl (C=O) groups is 3. The van der Waals surface area contributed by atoms with E-state index in [0.717, 1.165) is 27.5 Å². The monoisotopic (exact) mass is 478 g/mol. The van der Waals surface area contributed by atoms with Gasteiger partial charge in [0.1, 0.15) is 6.04 Å². The van der Waals surface area contributed by atoms with Gasteiger partial charge in [-0.3, -0.25) is 9.59 Å². The zero-order valence-electron chi connectivity index (χ0n) is 20.1. The van der Waals surface area contributed by atoms with Gasteiger partial charge in [0.05, 0.1) is 0 Å². The highest BCUT2D eigenvalue weighted by Crippen LogP contribution is 2.32. The normalized spacial score (nSPS) is 13.6. The fraction of sp³-hybridized carbons (Fsp3) is 0.167. The Hall–Kier alpha value is -4.45. The van der Waals surface area contributed by atoms with E-state index >= 15 is 0 Å². The van der Waals surface area contributed by atoms with Gasteiger partial charge in [-0.25, -0.2) is 4.79 Å². The zero-order chi connectivity index (χ0) is 25.4. The predicted octanol–water partition coefficient (Wildman–Crippen LogP) is 5.82. The van der Waals surface area contributed by atoms with Crippen molar-refractivity contribution in [3.05, 3.63) is 102 Å². The van der Waals surface area contributed by atoms with Gasteiger partial charge >= 0.3 is 5.97 Å². The largest absolute Gasteiger partial charge is 0.480 e. The molecule has 36 heavy (non-hydrogen) atoms. The van der Waals surface area contributed by atoms with Crippen LogP contribution in [0.4, 0.5) is 5.69 Å². The molecule has 2 amide bonds. The van der Waals surface area contributed by atoms with Gasteiger partial charge in [-0.1, -0.05) is 74.5 Å². The number of benzene rings is 4. The molecule has 0 saturated heterocycles. The lowest BCUT2D eigenvalue weighted by atomic mass is 10.00. The van der Waals surface area contributed by atoms with Crippen molar-refractivity contribution in [2.45, 2.75) is 26.4 Å². The molecule has 0 unspecified atom stereocenters. The highest BCUT2D eigenvalue weighted by atomic mass is 16.4. The Morgan fingerprint density at radius 3 is 2.31 bits per heavy atom. The summed E-state index contributed by atoms with van der Waals surface area (Å²) in [6.07, 6.45) is 0. The van der Waals surface area contributed by atoms with Gasteiger partial charge in [-0.05, 0) is 57.6 Å². The van der Waals surface area contributed by atoms with Crippen molar-refractivity contribution in [3.63, 3.8) is 0 Å². The molecule has 1 aliphatic rings. The molecule has 2 N–H and O–H groups in total. The fourth-order valence-electron chi connectivity index (χ4n) is 4.87. The minimum Gasteiger partial charge on any atom is -0.480 e. The predicted molar refractivity (Wildman–Crippen MR) is 140 cm³/mol. The Labute approximate surface area is 209 Å². The molecule has 0 aromatic heterocycles. The summed E-state index contributed by atoms with van der Waals surface area (Å²) in [5, 5.41) is 14.5. The molecule has 1 atom stereocenters.